The molecule has 26 heavy (non-hydrogen) atoms. The largest absolute Gasteiger partial charge is 0.460 e. The summed E-state index contributed by atoms with van der Waals surface area (Å²) in [7, 11) is 0. The number of rotatable bonds is 2. The highest BCUT2D eigenvalue weighted by Gasteiger charge is 2.50. The Morgan fingerprint density at radius 3 is 2.65 bits per heavy atom. The highest BCUT2D eigenvalue weighted by atomic mass is 32.1. The van der Waals surface area contributed by atoms with Crippen molar-refractivity contribution in [1.29, 1.82) is 0 Å². The number of imide groups is 1. The second kappa shape index (κ2) is 5.95. The standard InChI is InChI=1S/C19H18N2O4S/c1-19(2)10-24-18(23)21(19)16(22)14-15(25-17(26)20-14)13-8-7-11-5-3-4-6-12(11)9-13/h3-9,14-15H,10H2,1-2H3,(H,20,26)/t14-,15+/m1/s1. The van der Waals surface area contributed by atoms with E-state index in [0.29, 0.717) is 0 Å². The van der Waals surface area contributed by atoms with E-state index in [0.717, 1.165) is 21.2 Å². The van der Waals surface area contributed by atoms with Crippen molar-refractivity contribution >= 4 is 40.2 Å². The molecule has 0 radical (unpaired) electrons. The Morgan fingerprint density at radius 2 is 1.96 bits per heavy atom. The van der Waals surface area contributed by atoms with Gasteiger partial charge in [0.1, 0.15) is 6.61 Å². The zero-order valence-electron chi connectivity index (χ0n) is 14.4. The summed E-state index contributed by atoms with van der Waals surface area (Å²) in [6.07, 6.45) is -1.25. The number of nitrogens with zero attached hydrogens (tertiary/aromatic N) is 1. The lowest BCUT2D eigenvalue weighted by Crippen LogP contribution is -2.53. The second-order valence-corrected chi connectivity index (χ2v) is 7.47. The summed E-state index contributed by atoms with van der Waals surface area (Å²) in [6, 6.07) is 13.0. The van der Waals surface area contributed by atoms with Crippen molar-refractivity contribution < 1.29 is 19.1 Å². The molecule has 2 amide bonds. The molecule has 2 aliphatic heterocycles. The second-order valence-electron chi connectivity index (χ2n) is 7.10. The minimum atomic E-state index is -0.784. The van der Waals surface area contributed by atoms with Gasteiger partial charge in [0, 0.05) is 0 Å². The van der Waals surface area contributed by atoms with Crippen LogP contribution in [0, 0.1) is 0 Å². The Kier molecular flexibility index (Phi) is 3.84. The molecular formula is C19H18N2O4S. The number of cyclic esters (lactones) is 1. The molecule has 2 aromatic rings. The normalized spacial score (nSPS) is 24.3. The van der Waals surface area contributed by atoms with E-state index in [1.165, 1.54) is 0 Å². The van der Waals surface area contributed by atoms with Crippen molar-refractivity contribution in [3.8, 4) is 0 Å². The fourth-order valence-electron chi connectivity index (χ4n) is 3.40. The molecule has 0 aliphatic carbocycles. The average Bonchev–Trinajstić information content (AvgIpc) is 3.13. The molecule has 0 unspecified atom stereocenters. The maximum absolute atomic E-state index is 13.1. The lowest BCUT2D eigenvalue weighted by Gasteiger charge is -2.29. The average molecular weight is 370 g/mol. The lowest BCUT2D eigenvalue weighted by atomic mass is 9.97. The van der Waals surface area contributed by atoms with Gasteiger partial charge in [-0.25, -0.2) is 9.69 Å². The molecule has 7 heteroatoms. The number of carbonyl (C=O) groups excluding carboxylic acids is 2. The van der Waals surface area contributed by atoms with E-state index in [-0.39, 0.29) is 11.8 Å². The van der Waals surface area contributed by atoms with Gasteiger partial charge in [-0.3, -0.25) is 4.79 Å². The van der Waals surface area contributed by atoms with Gasteiger partial charge in [0.15, 0.2) is 12.1 Å². The van der Waals surface area contributed by atoms with Gasteiger partial charge in [-0.2, -0.15) is 0 Å². The highest BCUT2D eigenvalue weighted by molar-refractivity contribution is 7.80. The number of thiocarbonyl (C=S) groups is 1. The number of ether oxygens (including phenoxy) is 2. The molecule has 2 aromatic carbocycles. The SMILES string of the molecule is CC1(C)COC(=O)N1C(=O)[C@@H]1NC(=S)O[C@H]1c1ccc2ccccc2c1. The first-order valence-electron chi connectivity index (χ1n) is 8.33. The van der Waals surface area contributed by atoms with Crippen LogP contribution < -0.4 is 5.32 Å². The van der Waals surface area contributed by atoms with Gasteiger partial charge in [-0.1, -0.05) is 36.4 Å². The van der Waals surface area contributed by atoms with E-state index in [1.807, 2.05) is 42.5 Å². The minimum absolute atomic E-state index is 0.145. The van der Waals surface area contributed by atoms with Gasteiger partial charge in [0.2, 0.25) is 0 Å². The number of hydrogen-bond donors (Lipinski definition) is 1. The van der Waals surface area contributed by atoms with Crippen molar-refractivity contribution in [2.75, 3.05) is 6.61 Å². The number of nitrogens with one attached hydrogen (secondary N) is 1. The summed E-state index contributed by atoms with van der Waals surface area (Å²) in [5.41, 5.74) is 0.105. The van der Waals surface area contributed by atoms with E-state index < -0.39 is 29.7 Å². The van der Waals surface area contributed by atoms with Crippen LogP contribution in [-0.4, -0.2) is 40.3 Å². The molecule has 2 fully saturated rings. The zero-order chi connectivity index (χ0) is 18.5. The van der Waals surface area contributed by atoms with Crippen LogP contribution in [0.25, 0.3) is 10.8 Å². The molecule has 4 rings (SSSR count). The summed E-state index contributed by atoms with van der Waals surface area (Å²) in [5, 5.41) is 5.18. The third-order valence-electron chi connectivity index (χ3n) is 4.74. The maximum Gasteiger partial charge on any atom is 0.417 e. The van der Waals surface area contributed by atoms with Crippen molar-refractivity contribution in [1.82, 2.24) is 10.2 Å². The van der Waals surface area contributed by atoms with Crippen LogP contribution >= 0.6 is 12.2 Å². The molecule has 1 N–H and O–H groups in total. The van der Waals surface area contributed by atoms with Crippen LogP contribution in [0.2, 0.25) is 0 Å². The number of carbonyl (C=O) groups is 2. The highest BCUT2D eigenvalue weighted by Crippen LogP contribution is 2.33. The predicted octanol–water partition coefficient (Wildman–Crippen LogP) is 2.91. The van der Waals surface area contributed by atoms with Crippen molar-refractivity contribution in [2.45, 2.75) is 31.5 Å². The number of fused-ring (bicyclic) bond motifs is 1. The molecule has 0 saturated carbocycles. The van der Waals surface area contributed by atoms with Crippen LogP contribution in [0.4, 0.5) is 4.79 Å². The fourth-order valence-corrected chi connectivity index (χ4v) is 3.63. The van der Waals surface area contributed by atoms with E-state index in [9.17, 15) is 9.59 Å². The van der Waals surface area contributed by atoms with Crippen LogP contribution in [0.5, 0.6) is 0 Å². The van der Waals surface area contributed by atoms with Gasteiger partial charge in [0.25, 0.3) is 11.1 Å². The monoisotopic (exact) mass is 370 g/mol. The van der Waals surface area contributed by atoms with Gasteiger partial charge in [0.05, 0.1) is 5.54 Å². The molecular weight excluding hydrogens is 352 g/mol. The molecule has 0 bridgehead atoms. The summed E-state index contributed by atoms with van der Waals surface area (Å²) in [5.74, 6) is -0.407. The third-order valence-corrected chi connectivity index (χ3v) is 4.95. The predicted molar refractivity (Wildman–Crippen MR) is 99.6 cm³/mol. The van der Waals surface area contributed by atoms with E-state index in [4.69, 9.17) is 21.7 Å². The Balaban J connectivity index is 1.69. The van der Waals surface area contributed by atoms with Crippen LogP contribution in [0.3, 0.4) is 0 Å². The Bertz CT molecular complexity index is 927. The first-order chi connectivity index (χ1) is 12.4. The Morgan fingerprint density at radius 1 is 1.23 bits per heavy atom. The summed E-state index contributed by atoms with van der Waals surface area (Å²) in [4.78, 5) is 26.3. The summed E-state index contributed by atoms with van der Waals surface area (Å²) < 4.78 is 10.8. The number of hydrogen-bond acceptors (Lipinski definition) is 5. The smallest absolute Gasteiger partial charge is 0.417 e. The topological polar surface area (TPSA) is 67.9 Å². The van der Waals surface area contributed by atoms with Gasteiger partial charge in [-0.15, -0.1) is 0 Å². The molecule has 134 valence electrons. The first kappa shape index (κ1) is 16.8. The Labute approximate surface area is 156 Å². The Hall–Kier alpha value is -2.67. The van der Waals surface area contributed by atoms with Crippen molar-refractivity contribution in [2.24, 2.45) is 0 Å². The minimum Gasteiger partial charge on any atom is -0.460 e. The van der Waals surface area contributed by atoms with Crippen molar-refractivity contribution in [3.05, 3.63) is 48.0 Å². The van der Waals surface area contributed by atoms with Gasteiger partial charge >= 0.3 is 6.09 Å². The van der Waals surface area contributed by atoms with Gasteiger partial charge in [-0.05, 0) is 48.5 Å². The molecule has 6 nitrogen and oxygen atoms in total. The quantitative estimate of drug-likeness (QED) is 0.820. The summed E-state index contributed by atoms with van der Waals surface area (Å²) >= 11 is 5.13. The van der Waals surface area contributed by atoms with E-state index >= 15 is 0 Å². The molecule has 0 spiro atoms. The van der Waals surface area contributed by atoms with E-state index in [2.05, 4.69) is 5.32 Å². The number of amides is 2. The van der Waals surface area contributed by atoms with Crippen LogP contribution in [-0.2, 0) is 14.3 Å². The molecule has 2 heterocycles. The molecule has 2 atom stereocenters. The first-order valence-corrected chi connectivity index (χ1v) is 8.74. The lowest BCUT2D eigenvalue weighted by molar-refractivity contribution is -0.134. The van der Waals surface area contributed by atoms with Crippen LogP contribution in [0.1, 0.15) is 25.5 Å². The molecule has 2 aliphatic rings. The maximum atomic E-state index is 13.1. The molecule has 2 saturated heterocycles. The third kappa shape index (κ3) is 2.68. The van der Waals surface area contributed by atoms with E-state index in [1.54, 1.807) is 13.8 Å². The zero-order valence-corrected chi connectivity index (χ0v) is 15.2. The fraction of sp³-hybridized carbons (Fsp3) is 0.316. The molecule has 0 aromatic heterocycles. The summed E-state index contributed by atoms with van der Waals surface area (Å²) in [6.45, 7) is 3.74. The number of benzene rings is 2. The van der Waals surface area contributed by atoms with Gasteiger partial charge < -0.3 is 14.8 Å². The van der Waals surface area contributed by atoms with Crippen LogP contribution in [0.15, 0.2) is 42.5 Å². The van der Waals surface area contributed by atoms with Crippen molar-refractivity contribution in [3.63, 3.8) is 0 Å².